The number of carboxylic acid groups (broad SMARTS) is 1. The van der Waals surface area contributed by atoms with Gasteiger partial charge in [0.1, 0.15) is 5.82 Å². The highest BCUT2D eigenvalue weighted by Crippen LogP contribution is 2.13. The Morgan fingerprint density at radius 2 is 2.31 bits per heavy atom. The molecule has 0 spiro atoms. The van der Waals surface area contributed by atoms with E-state index in [-0.39, 0.29) is 12.2 Å². The largest absolute Gasteiger partial charge is 0.481 e. The van der Waals surface area contributed by atoms with Crippen molar-refractivity contribution < 1.29 is 14.3 Å². The Morgan fingerprint density at radius 1 is 1.62 bits per heavy atom. The molecule has 0 saturated heterocycles. The molecule has 0 fully saturated rings. The second-order valence-electron chi connectivity index (χ2n) is 3.70. The first-order chi connectivity index (χ1) is 7.49. The van der Waals surface area contributed by atoms with Crippen molar-refractivity contribution in [2.45, 2.75) is 19.4 Å². The molecule has 0 saturated carbocycles. The maximum atomic E-state index is 12.9. The molecule has 0 aliphatic heterocycles. The Morgan fingerprint density at radius 3 is 2.88 bits per heavy atom. The van der Waals surface area contributed by atoms with E-state index in [9.17, 15) is 9.18 Å². The molecule has 0 radical (unpaired) electrons. The number of benzene rings is 1. The zero-order valence-electron chi connectivity index (χ0n) is 9.03. The summed E-state index contributed by atoms with van der Waals surface area (Å²) in [5, 5.41) is 11.5. The van der Waals surface area contributed by atoms with Crippen LogP contribution < -0.4 is 11.1 Å². The SMILES string of the molecule is Cc1cc(NCC(N)CC(=O)O)ccc1F. The van der Waals surface area contributed by atoms with E-state index >= 15 is 0 Å². The summed E-state index contributed by atoms with van der Waals surface area (Å²) in [4.78, 5) is 10.4. The van der Waals surface area contributed by atoms with E-state index in [1.54, 1.807) is 19.1 Å². The summed E-state index contributed by atoms with van der Waals surface area (Å²) in [5.74, 6) is -1.19. The zero-order chi connectivity index (χ0) is 12.1. The molecule has 1 unspecified atom stereocenters. The van der Waals surface area contributed by atoms with Crippen LogP contribution in [-0.2, 0) is 4.79 Å². The fraction of sp³-hybridized carbons (Fsp3) is 0.364. The summed E-state index contributed by atoms with van der Waals surface area (Å²) in [6, 6.07) is 4.15. The van der Waals surface area contributed by atoms with E-state index in [1.165, 1.54) is 6.07 Å². The van der Waals surface area contributed by atoms with Crippen LogP contribution in [0.1, 0.15) is 12.0 Å². The fourth-order valence-electron chi connectivity index (χ4n) is 1.30. The van der Waals surface area contributed by atoms with Gasteiger partial charge in [0.2, 0.25) is 0 Å². The molecule has 1 aromatic rings. The number of anilines is 1. The van der Waals surface area contributed by atoms with Gasteiger partial charge in [-0.3, -0.25) is 4.79 Å². The lowest BCUT2D eigenvalue weighted by atomic mass is 10.2. The molecule has 0 aliphatic carbocycles. The average molecular weight is 226 g/mol. The standard InChI is InChI=1S/C11H15FN2O2/c1-7-4-9(2-3-10(7)12)14-6-8(13)5-11(15)16/h2-4,8,14H,5-6,13H2,1H3,(H,15,16). The highest BCUT2D eigenvalue weighted by Gasteiger charge is 2.07. The van der Waals surface area contributed by atoms with Crippen LogP contribution in [0.2, 0.25) is 0 Å². The average Bonchev–Trinajstić information content (AvgIpc) is 2.19. The molecule has 88 valence electrons. The molecule has 5 heteroatoms. The number of carbonyl (C=O) groups is 1. The maximum Gasteiger partial charge on any atom is 0.304 e. The van der Waals surface area contributed by atoms with Gasteiger partial charge in [0, 0.05) is 18.3 Å². The van der Waals surface area contributed by atoms with E-state index in [2.05, 4.69) is 5.32 Å². The number of nitrogens with one attached hydrogen (secondary N) is 1. The zero-order valence-corrected chi connectivity index (χ0v) is 9.03. The van der Waals surface area contributed by atoms with Crippen LogP contribution in [0.15, 0.2) is 18.2 Å². The summed E-state index contributed by atoms with van der Waals surface area (Å²) in [6.45, 7) is 2.01. The predicted octanol–water partition coefficient (Wildman–Crippen LogP) is 1.35. The first kappa shape index (κ1) is 12.4. The summed E-state index contributed by atoms with van der Waals surface area (Å²) in [7, 11) is 0. The molecular weight excluding hydrogens is 211 g/mol. The van der Waals surface area contributed by atoms with Crippen LogP contribution in [-0.4, -0.2) is 23.7 Å². The van der Waals surface area contributed by atoms with Crippen molar-refractivity contribution in [3.8, 4) is 0 Å². The molecule has 1 aromatic carbocycles. The molecule has 0 amide bonds. The smallest absolute Gasteiger partial charge is 0.304 e. The van der Waals surface area contributed by atoms with Crippen LogP contribution in [0.4, 0.5) is 10.1 Å². The Labute approximate surface area is 93.3 Å². The van der Waals surface area contributed by atoms with Crippen LogP contribution in [0.25, 0.3) is 0 Å². The van der Waals surface area contributed by atoms with Crippen LogP contribution in [0.3, 0.4) is 0 Å². The topological polar surface area (TPSA) is 75.3 Å². The normalized spacial score (nSPS) is 12.2. The second-order valence-corrected chi connectivity index (χ2v) is 3.70. The van der Waals surface area contributed by atoms with E-state index in [1.807, 2.05) is 0 Å². The molecule has 0 heterocycles. The monoisotopic (exact) mass is 226 g/mol. The minimum Gasteiger partial charge on any atom is -0.481 e. The number of halogens is 1. The molecule has 4 nitrogen and oxygen atoms in total. The lowest BCUT2D eigenvalue weighted by Gasteiger charge is -2.12. The van der Waals surface area contributed by atoms with Crippen molar-refractivity contribution in [1.82, 2.24) is 0 Å². The third-order valence-electron chi connectivity index (χ3n) is 2.16. The Kier molecular flexibility index (Phi) is 4.25. The predicted molar refractivity (Wildman–Crippen MR) is 59.9 cm³/mol. The van der Waals surface area contributed by atoms with E-state index in [0.717, 1.165) is 5.69 Å². The third kappa shape index (κ3) is 3.86. The third-order valence-corrected chi connectivity index (χ3v) is 2.16. The number of hydrogen-bond acceptors (Lipinski definition) is 3. The molecular formula is C11H15FN2O2. The molecule has 4 N–H and O–H groups in total. The summed E-state index contributed by atoms with van der Waals surface area (Å²) in [5.41, 5.74) is 6.85. The number of rotatable bonds is 5. The van der Waals surface area contributed by atoms with Gasteiger partial charge < -0.3 is 16.2 Å². The molecule has 0 aromatic heterocycles. The number of aliphatic carboxylic acids is 1. The first-order valence-electron chi connectivity index (χ1n) is 4.96. The van der Waals surface area contributed by atoms with E-state index < -0.39 is 12.0 Å². The number of aryl methyl sites for hydroxylation is 1. The second kappa shape index (κ2) is 5.46. The van der Waals surface area contributed by atoms with E-state index in [4.69, 9.17) is 10.8 Å². The summed E-state index contributed by atoms with van der Waals surface area (Å²) < 4.78 is 12.9. The van der Waals surface area contributed by atoms with Gasteiger partial charge >= 0.3 is 5.97 Å². The van der Waals surface area contributed by atoms with Gasteiger partial charge in [-0.1, -0.05) is 0 Å². The number of nitrogens with two attached hydrogens (primary N) is 1. The molecule has 0 bridgehead atoms. The van der Waals surface area contributed by atoms with Crippen molar-refractivity contribution in [3.05, 3.63) is 29.6 Å². The van der Waals surface area contributed by atoms with Gasteiger partial charge in [-0.25, -0.2) is 4.39 Å². The molecule has 1 atom stereocenters. The van der Waals surface area contributed by atoms with Gasteiger partial charge in [-0.05, 0) is 30.7 Å². The van der Waals surface area contributed by atoms with Crippen molar-refractivity contribution in [2.75, 3.05) is 11.9 Å². The van der Waals surface area contributed by atoms with Crippen molar-refractivity contribution >= 4 is 11.7 Å². The summed E-state index contributed by atoms with van der Waals surface area (Å²) >= 11 is 0. The van der Waals surface area contributed by atoms with Crippen LogP contribution in [0.5, 0.6) is 0 Å². The molecule has 1 rings (SSSR count). The number of carboxylic acids is 1. The minimum atomic E-state index is -0.926. The van der Waals surface area contributed by atoms with E-state index in [0.29, 0.717) is 12.1 Å². The minimum absolute atomic E-state index is 0.0901. The lowest BCUT2D eigenvalue weighted by Crippen LogP contribution is -2.31. The van der Waals surface area contributed by atoms with Crippen molar-refractivity contribution in [2.24, 2.45) is 5.73 Å². The van der Waals surface area contributed by atoms with Crippen LogP contribution >= 0.6 is 0 Å². The lowest BCUT2D eigenvalue weighted by molar-refractivity contribution is -0.137. The maximum absolute atomic E-state index is 12.9. The van der Waals surface area contributed by atoms with Crippen molar-refractivity contribution in [3.63, 3.8) is 0 Å². The van der Waals surface area contributed by atoms with Crippen molar-refractivity contribution in [1.29, 1.82) is 0 Å². The number of hydrogen-bond donors (Lipinski definition) is 3. The first-order valence-corrected chi connectivity index (χ1v) is 4.96. The Balaban J connectivity index is 2.48. The Hall–Kier alpha value is -1.62. The van der Waals surface area contributed by atoms with Gasteiger partial charge in [0.05, 0.1) is 6.42 Å². The fourth-order valence-corrected chi connectivity index (χ4v) is 1.30. The Bertz CT molecular complexity index is 382. The highest BCUT2D eigenvalue weighted by atomic mass is 19.1. The highest BCUT2D eigenvalue weighted by molar-refractivity contribution is 5.67. The summed E-state index contributed by atoms with van der Waals surface area (Å²) in [6.07, 6.45) is -0.0901. The molecule has 16 heavy (non-hydrogen) atoms. The quantitative estimate of drug-likeness (QED) is 0.708. The van der Waals surface area contributed by atoms with Gasteiger partial charge in [-0.15, -0.1) is 0 Å². The van der Waals surface area contributed by atoms with Gasteiger partial charge in [0.15, 0.2) is 0 Å². The van der Waals surface area contributed by atoms with Gasteiger partial charge in [-0.2, -0.15) is 0 Å². The molecule has 0 aliphatic rings. The van der Waals surface area contributed by atoms with Gasteiger partial charge in [0.25, 0.3) is 0 Å². The van der Waals surface area contributed by atoms with Crippen LogP contribution in [0, 0.1) is 12.7 Å².